The van der Waals surface area contributed by atoms with Crippen molar-refractivity contribution < 1.29 is 29.7 Å². The average Bonchev–Trinajstić information content (AvgIpc) is 2.14. The van der Waals surface area contributed by atoms with Gasteiger partial charge in [-0.05, 0) is 6.92 Å². The Labute approximate surface area is 97.8 Å². The molecule has 0 aromatic carbocycles. The molecule has 0 saturated carbocycles. The van der Waals surface area contributed by atoms with Crippen LogP contribution in [0, 0.1) is 0 Å². The Balaban J connectivity index is 4.39. The van der Waals surface area contributed by atoms with Gasteiger partial charge in [-0.3, -0.25) is 4.79 Å². The number of aliphatic hydroxyl groups is 1. The largest absolute Gasteiger partial charge is 0.481 e. The van der Waals surface area contributed by atoms with Gasteiger partial charge in [0, 0.05) is 13.6 Å². The molecule has 2 amide bonds. The van der Waals surface area contributed by atoms with Crippen molar-refractivity contribution in [3.63, 3.8) is 0 Å². The molecule has 8 heteroatoms. The minimum Gasteiger partial charge on any atom is -0.481 e. The van der Waals surface area contributed by atoms with Gasteiger partial charge >= 0.3 is 18.0 Å². The summed E-state index contributed by atoms with van der Waals surface area (Å²) >= 11 is 0. The van der Waals surface area contributed by atoms with Crippen LogP contribution in [0.1, 0.15) is 13.3 Å². The van der Waals surface area contributed by atoms with E-state index in [1.54, 1.807) is 0 Å². The van der Waals surface area contributed by atoms with Crippen LogP contribution in [0.2, 0.25) is 0 Å². The molecule has 2 atom stereocenters. The molecule has 8 nitrogen and oxygen atoms in total. The Hall–Kier alpha value is -1.83. The third-order valence-electron chi connectivity index (χ3n) is 1.86. The number of rotatable bonds is 6. The van der Waals surface area contributed by atoms with Gasteiger partial charge in [0.05, 0.1) is 12.5 Å². The minimum atomic E-state index is -1.49. The number of carbonyl (C=O) groups excluding carboxylic acids is 1. The van der Waals surface area contributed by atoms with Gasteiger partial charge in [-0.1, -0.05) is 0 Å². The summed E-state index contributed by atoms with van der Waals surface area (Å²) in [4.78, 5) is 33.5. The standard InChI is InChI=1S/C9H16N2O6/c1-5(12)4-11(2)9(17)10-6(8(15)16)3-7(13)14/h5-6,12H,3-4H2,1-2H3,(H,10,17)(H,13,14)(H,15,16). The fourth-order valence-electron chi connectivity index (χ4n) is 1.11. The van der Waals surface area contributed by atoms with Crippen molar-refractivity contribution in [2.45, 2.75) is 25.5 Å². The zero-order chi connectivity index (χ0) is 13.6. The van der Waals surface area contributed by atoms with Crippen molar-refractivity contribution in [1.29, 1.82) is 0 Å². The van der Waals surface area contributed by atoms with E-state index >= 15 is 0 Å². The van der Waals surface area contributed by atoms with Crippen LogP contribution in [0.3, 0.4) is 0 Å². The number of nitrogens with one attached hydrogen (secondary N) is 1. The first-order valence-corrected chi connectivity index (χ1v) is 4.88. The molecule has 0 spiro atoms. The number of carbonyl (C=O) groups is 3. The van der Waals surface area contributed by atoms with E-state index in [2.05, 4.69) is 0 Å². The van der Waals surface area contributed by atoms with E-state index in [0.29, 0.717) is 0 Å². The number of carboxylic acid groups (broad SMARTS) is 2. The van der Waals surface area contributed by atoms with Crippen molar-refractivity contribution in [2.75, 3.05) is 13.6 Å². The molecular weight excluding hydrogens is 232 g/mol. The summed E-state index contributed by atoms with van der Waals surface area (Å²) in [5.74, 6) is -2.75. The Morgan fingerprint density at radius 3 is 2.18 bits per heavy atom. The summed E-state index contributed by atoms with van der Waals surface area (Å²) in [6, 6.07) is -2.24. The van der Waals surface area contributed by atoms with Crippen LogP contribution in [0.5, 0.6) is 0 Å². The quantitative estimate of drug-likeness (QED) is 0.474. The second-order valence-corrected chi connectivity index (χ2v) is 3.67. The number of aliphatic carboxylic acids is 2. The van der Waals surface area contributed by atoms with E-state index in [9.17, 15) is 14.4 Å². The van der Waals surface area contributed by atoms with Crippen LogP contribution < -0.4 is 5.32 Å². The highest BCUT2D eigenvalue weighted by Crippen LogP contribution is 1.96. The second kappa shape index (κ2) is 6.69. The average molecular weight is 248 g/mol. The second-order valence-electron chi connectivity index (χ2n) is 3.67. The van der Waals surface area contributed by atoms with Crippen LogP contribution in [-0.2, 0) is 9.59 Å². The molecule has 0 aromatic heterocycles. The molecule has 4 N–H and O–H groups in total. The molecule has 2 unspecified atom stereocenters. The Kier molecular flexibility index (Phi) is 5.97. The van der Waals surface area contributed by atoms with Crippen LogP contribution in [0.4, 0.5) is 4.79 Å². The van der Waals surface area contributed by atoms with E-state index in [1.165, 1.54) is 14.0 Å². The molecule has 0 aliphatic rings. The molecule has 0 heterocycles. The van der Waals surface area contributed by atoms with E-state index < -0.39 is 36.5 Å². The molecule has 98 valence electrons. The van der Waals surface area contributed by atoms with Crippen molar-refractivity contribution in [1.82, 2.24) is 10.2 Å². The smallest absolute Gasteiger partial charge is 0.326 e. The van der Waals surface area contributed by atoms with E-state index in [1.807, 2.05) is 5.32 Å². The minimum absolute atomic E-state index is 0.0191. The molecule has 17 heavy (non-hydrogen) atoms. The van der Waals surface area contributed by atoms with Gasteiger partial charge in [0.15, 0.2) is 0 Å². The normalized spacial score (nSPS) is 13.6. The molecule has 0 aromatic rings. The lowest BCUT2D eigenvalue weighted by Crippen LogP contribution is -2.48. The van der Waals surface area contributed by atoms with Crippen LogP contribution in [-0.4, -0.2) is 63.9 Å². The number of amides is 2. The lowest BCUT2D eigenvalue weighted by atomic mass is 10.2. The first-order valence-electron chi connectivity index (χ1n) is 4.88. The summed E-state index contributed by atoms with van der Waals surface area (Å²) < 4.78 is 0. The summed E-state index contributed by atoms with van der Waals surface area (Å²) in [5, 5.41) is 28.2. The Morgan fingerprint density at radius 2 is 1.82 bits per heavy atom. The fraction of sp³-hybridized carbons (Fsp3) is 0.667. The molecule has 0 fully saturated rings. The highest BCUT2D eigenvalue weighted by atomic mass is 16.4. The van der Waals surface area contributed by atoms with Gasteiger partial charge in [0.25, 0.3) is 0 Å². The van der Waals surface area contributed by atoms with E-state index in [-0.39, 0.29) is 6.54 Å². The van der Waals surface area contributed by atoms with Gasteiger partial charge in [0.2, 0.25) is 0 Å². The predicted octanol–water partition coefficient (Wildman–Crippen LogP) is -1.06. The molecule has 0 rings (SSSR count). The maximum absolute atomic E-state index is 11.4. The number of likely N-dealkylation sites (N-methyl/N-ethyl adjacent to an activating group) is 1. The van der Waals surface area contributed by atoms with Gasteiger partial charge in [0.1, 0.15) is 6.04 Å². The molecule has 0 aliphatic heterocycles. The van der Waals surface area contributed by atoms with Crippen molar-refractivity contribution in [3.8, 4) is 0 Å². The maximum atomic E-state index is 11.4. The number of nitrogens with zero attached hydrogens (tertiary/aromatic N) is 1. The van der Waals surface area contributed by atoms with Crippen molar-refractivity contribution in [3.05, 3.63) is 0 Å². The maximum Gasteiger partial charge on any atom is 0.326 e. The summed E-state index contributed by atoms with van der Waals surface area (Å²) in [6.07, 6.45) is -1.46. The van der Waals surface area contributed by atoms with Crippen LogP contribution in [0.25, 0.3) is 0 Å². The number of carboxylic acids is 2. The lowest BCUT2D eigenvalue weighted by molar-refractivity contribution is -0.145. The van der Waals surface area contributed by atoms with Gasteiger partial charge < -0.3 is 25.5 Å². The first kappa shape index (κ1) is 15.2. The Morgan fingerprint density at radius 1 is 1.29 bits per heavy atom. The van der Waals surface area contributed by atoms with Crippen molar-refractivity contribution in [2.24, 2.45) is 0 Å². The SMILES string of the molecule is CC(O)CN(C)C(=O)NC(CC(=O)O)C(=O)O. The number of hydrogen-bond acceptors (Lipinski definition) is 4. The molecule has 0 aliphatic carbocycles. The first-order chi connectivity index (χ1) is 7.73. The van der Waals surface area contributed by atoms with E-state index in [4.69, 9.17) is 15.3 Å². The monoisotopic (exact) mass is 248 g/mol. The zero-order valence-corrected chi connectivity index (χ0v) is 9.58. The zero-order valence-electron chi connectivity index (χ0n) is 9.58. The highest BCUT2D eigenvalue weighted by Gasteiger charge is 2.24. The summed E-state index contributed by atoms with van der Waals surface area (Å²) in [5.41, 5.74) is 0. The van der Waals surface area contributed by atoms with Gasteiger partial charge in [-0.2, -0.15) is 0 Å². The molecule has 0 radical (unpaired) electrons. The topological polar surface area (TPSA) is 127 Å². The summed E-state index contributed by atoms with van der Waals surface area (Å²) in [7, 11) is 1.36. The van der Waals surface area contributed by atoms with Crippen LogP contribution >= 0.6 is 0 Å². The third kappa shape index (κ3) is 6.36. The lowest BCUT2D eigenvalue weighted by Gasteiger charge is -2.21. The van der Waals surface area contributed by atoms with Crippen LogP contribution in [0.15, 0.2) is 0 Å². The molecule has 0 bridgehead atoms. The fourth-order valence-corrected chi connectivity index (χ4v) is 1.11. The number of urea groups is 1. The van der Waals surface area contributed by atoms with Gasteiger partial charge in [-0.15, -0.1) is 0 Å². The molecule has 0 saturated heterocycles. The van der Waals surface area contributed by atoms with Gasteiger partial charge in [-0.25, -0.2) is 9.59 Å². The third-order valence-corrected chi connectivity index (χ3v) is 1.86. The highest BCUT2D eigenvalue weighted by molar-refractivity contribution is 5.86. The Bertz CT molecular complexity index is 304. The number of aliphatic hydroxyl groups excluding tert-OH is 1. The van der Waals surface area contributed by atoms with E-state index in [0.717, 1.165) is 4.90 Å². The predicted molar refractivity (Wildman–Crippen MR) is 56.5 cm³/mol. The van der Waals surface area contributed by atoms with Crippen molar-refractivity contribution >= 4 is 18.0 Å². The molecular formula is C9H16N2O6. The summed E-state index contributed by atoms with van der Waals surface area (Å²) in [6.45, 7) is 1.49. The number of hydrogen-bond donors (Lipinski definition) is 4.